The van der Waals surface area contributed by atoms with Gasteiger partial charge in [0.2, 0.25) is 0 Å². The number of thiophene rings is 1. The van der Waals surface area contributed by atoms with Gasteiger partial charge in [-0.3, -0.25) is 9.59 Å². The molecule has 1 aliphatic rings. The zero-order valence-corrected chi connectivity index (χ0v) is 14.8. The molecule has 2 aromatic rings. The number of carbonyl (C=O) groups excluding carboxylic acids is 2. The maximum atomic E-state index is 12.8. The van der Waals surface area contributed by atoms with Crippen LogP contribution >= 0.6 is 11.3 Å². The number of rotatable bonds is 4. The third-order valence-electron chi connectivity index (χ3n) is 4.25. The van der Waals surface area contributed by atoms with Gasteiger partial charge in [0.15, 0.2) is 5.78 Å². The highest BCUT2D eigenvalue weighted by molar-refractivity contribution is 7.12. The van der Waals surface area contributed by atoms with Crippen LogP contribution in [-0.4, -0.2) is 39.6 Å². The monoisotopic (exact) mass is 343 g/mol. The van der Waals surface area contributed by atoms with Crippen LogP contribution in [0.4, 0.5) is 0 Å². The van der Waals surface area contributed by atoms with Crippen molar-refractivity contribution in [3.8, 4) is 0 Å². The first kappa shape index (κ1) is 16.8. The molecule has 1 aliphatic heterocycles. The second kappa shape index (κ2) is 7.21. The summed E-state index contributed by atoms with van der Waals surface area (Å²) in [5, 5.41) is 1.91. The lowest BCUT2D eigenvalue weighted by Gasteiger charge is -2.31. The molecule has 0 aromatic carbocycles. The quantitative estimate of drug-likeness (QED) is 0.798. The molecule has 1 saturated heterocycles. The summed E-state index contributed by atoms with van der Waals surface area (Å²) in [5.41, 5.74) is 0.415. The van der Waals surface area contributed by atoms with E-state index in [9.17, 15) is 9.59 Å². The predicted octanol–water partition coefficient (Wildman–Crippen LogP) is 3.40. The van der Waals surface area contributed by atoms with Crippen molar-refractivity contribution < 1.29 is 9.59 Å². The number of hydrogen-bond donors (Lipinski definition) is 0. The van der Waals surface area contributed by atoms with Crippen LogP contribution in [0.25, 0.3) is 0 Å². The van der Waals surface area contributed by atoms with Gasteiger partial charge in [-0.2, -0.15) is 0 Å². The van der Waals surface area contributed by atoms with Crippen LogP contribution in [0.1, 0.15) is 58.6 Å². The number of ketones is 1. The Morgan fingerprint density at radius 2 is 2.17 bits per heavy atom. The Labute approximate surface area is 145 Å². The molecule has 0 aliphatic carbocycles. The summed E-state index contributed by atoms with van der Waals surface area (Å²) in [6, 6.07) is 5.39. The van der Waals surface area contributed by atoms with Crippen molar-refractivity contribution in [3.63, 3.8) is 0 Å². The average Bonchev–Trinajstić information content (AvgIpc) is 3.15. The lowest BCUT2D eigenvalue weighted by Crippen LogP contribution is -2.42. The Morgan fingerprint density at radius 1 is 1.33 bits per heavy atom. The molecule has 1 fully saturated rings. The minimum absolute atomic E-state index is 0.108. The fourth-order valence-electron chi connectivity index (χ4n) is 2.93. The highest BCUT2D eigenvalue weighted by atomic mass is 32.1. The van der Waals surface area contributed by atoms with Crippen LogP contribution in [0.5, 0.6) is 0 Å². The molecule has 24 heavy (non-hydrogen) atoms. The Hall–Kier alpha value is -2.08. The van der Waals surface area contributed by atoms with Gasteiger partial charge in [-0.1, -0.05) is 19.9 Å². The molecule has 0 radical (unpaired) electrons. The molecule has 5 nitrogen and oxygen atoms in total. The third-order valence-corrected chi connectivity index (χ3v) is 5.14. The van der Waals surface area contributed by atoms with Gasteiger partial charge in [-0.15, -0.1) is 11.3 Å². The number of amides is 1. The van der Waals surface area contributed by atoms with Gasteiger partial charge in [-0.25, -0.2) is 9.97 Å². The average molecular weight is 343 g/mol. The van der Waals surface area contributed by atoms with Crippen molar-refractivity contribution in [2.24, 2.45) is 5.92 Å². The van der Waals surface area contributed by atoms with Gasteiger partial charge in [0, 0.05) is 31.1 Å². The van der Waals surface area contributed by atoms with Crippen molar-refractivity contribution >= 4 is 23.0 Å². The van der Waals surface area contributed by atoms with E-state index in [1.165, 1.54) is 11.3 Å². The van der Waals surface area contributed by atoms with Crippen molar-refractivity contribution in [1.29, 1.82) is 0 Å². The van der Waals surface area contributed by atoms with Gasteiger partial charge in [-0.05, 0) is 30.4 Å². The van der Waals surface area contributed by atoms with E-state index in [0.717, 1.165) is 17.7 Å². The summed E-state index contributed by atoms with van der Waals surface area (Å²) in [5.74, 6) is 0.764. The highest BCUT2D eigenvalue weighted by Crippen LogP contribution is 2.24. The second-order valence-electron chi connectivity index (χ2n) is 6.39. The molecular formula is C18H21N3O2S. The molecule has 2 aromatic heterocycles. The Balaban J connectivity index is 1.73. The largest absolute Gasteiger partial charge is 0.337 e. The van der Waals surface area contributed by atoms with E-state index < -0.39 is 0 Å². The summed E-state index contributed by atoms with van der Waals surface area (Å²) in [6.07, 6.45) is 3.31. The molecule has 1 amide bonds. The van der Waals surface area contributed by atoms with Crippen LogP contribution in [0.15, 0.2) is 29.8 Å². The van der Waals surface area contributed by atoms with Crippen LogP contribution in [-0.2, 0) is 0 Å². The number of piperidine rings is 1. The van der Waals surface area contributed by atoms with Crippen molar-refractivity contribution in [2.45, 2.75) is 32.6 Å². The predicted molar refractivity (Wildman–Crippen MR) is 93.4 cm³/mol. The molecule has 1 atom stereocenters. The Kier molecular flexibility index (Phi) is 5.04. The fourth-order valence-corrected chi connectivity index (χ4v) is 3.67. The van der Waals surface area contributed by atoms with Crippen molar-refractivity contribution in [3.05, 3.63) is 46.2 Å². The number of Topliss-reactive ketones (excluding diaryl/α,β-unsaturated/α-hetero) is 1. The standard InChI is InChI=1S/C18H21N3O2S/c1-12(2)17-19-8-7-14(20-17)18(23)21-9-3-5-13(11-21)16(22)15-6-4-10-24-15/h4,6-8,10,12-13H,3,5,9,11H2,1-2H3. The van der Waals surface area contributed by atoms with Crippen LogP contribution in [0, 0.1) is 5.92 Å². The van der Waals surface area contributed by atoms with E-state index in [1.54, 1.807) is 17.2 Å². The SMILES string of the molecule is CC(C)c1nccc(C(=O)N2CCCC(C(=O)c3cccs3)C2)n1. The van der Waals surface area contributed by atoms with Gasteiger partial charge >= 0.3 is 0 Å². The maximum Gasteiger partial charge on any atom is 0.272 e. The topological polar surface area (TPSA) is 63.2 Å². The summed E-state index contributed by atoms with van der Waals surface area (Å²) in [6.45, 7) is 5.14. The van der Waals surface area contributed by atoms with Crippen LogP contribution < -0.4 is 0 Å². The number of nitrogens with zero attached hydrogens (tertiary/aromatic N) is 3. The smallest absolute Gasteiger partial charge is 0.272 e. The van der Waals surface area contributed by atoms with E-state index in [1.807, 2.05) is 31.4 Å². The first-order chi connectivity index (χ1) is 11.6. The van der Waals surface area contributed by atoms with Crippen molar-refractivity contribution in [1.82, 2.24) is 14.9 Å². The molecule has 3 heterocycles. The zero-order valence-electron chi connectivity index (χ0n) is 13.9. The number of aromatic nitrogens is 2. The van der Waals surface area contributed by atoms with E-state index in [2.05, 4.69) is 9.97 Å². The van der Waals surface area contributed by atoms with Gasteiger partial charge < -0.3 is 4.90 Å². The lowest BCUT2D eigenvalue weighted by molar-refractivity contribution is 0.0633. The number of hydrogen-bond acceptors (Lipinski definition) is 5. The minimum atomic E-state index is -0.118. The molecule has 0 spiro atoms. The number of likely N-dealkylation sites (tertiary alicyclic amines) is 1. The third kappa shape index (κ3) is 3.53. The molecule has 126 valence electrons. The zero-order chi connectivity index (χ0) is 17.1. The molecular weight excluding hydrogens is 322 g/mol. The Bertz CT molecular complexity index is 728. The molecule has 1 unspecified atom stereocenters. The van der Waals surface area contributed by atoms with Crippen LogP contribution in [0.3, 0.4) is 0 Å². The Morgan fingerprint density at radius 3 is 2.88 bits per heavy atom. The van der Waals surface area contributed by atoms with E-state index in [4.69, 9.17) is 0 Å². The summed E-state index contributed by atoms with van der Waals surface area (Å²) < 4.78 is 0. The molecule has 0 N–H and O–H groups in total. The fraction of sp³-hybridized carbons (Fsp3) is 0.444. The summed E-state index contributed by atoms with van der Waals surface area (Å²) in [7, 11) is 0. The first-order valence-corrected chi connectivity index (χ1v) is 9.14. The molecule has 0 saturated carbocycles. The van der Waals surface area contributed by atoms with E-state index in [0.29, 0.717) is 24.6 Å². The van der Waals surface area contributed by atoms with Gasteiger partial charge in [0.1, 0.15) is 11.5 Å². The molecule has 6 heteroatoms. The van der Waals surface area contributed by atoms with Gasteiger partial charge in [0.05, 0.1) is 4.88 Å². The lowest BCUT2D eigenvalue weighted by atomic mass is 9.93. The molecule has 3 rings (SSSR count). The van der Waals surface area contributed by atoms with E-state index in [-0.39, 0.29) is 23.5 Å². The highest BCUT2D eigenvalue weighted by Gasteiger charge is 2.30. The van der Waals surface area contributed by atoms with Crippen LogP contribution in [0.2, 0.25) is 0 Å². The number of carbonyl (C=O) groups is 2. The van der Waals surface area contributed by atoms with Gasteiger partial charge in [0.25, 0.3) is 5.91 Å². The minimum Gasteiger partial charge on any atom is -0.337 e. The van der Waals surface area contributed by atoms with E-state index >= 15 is 0 Å². The summed E-state index contributed by atoms with van der Waals surface area (Å²) >= 11 is 1.46. The summed E-state index contributed by atoms with van der Waals surface area (Å²) in [4.78, 5) is 36.4. The second-order valence-corrected chi connectivity index (χ2v) is 7.33. The normalized spacial score (nSPS) is 18.0. The first-order valence-electron chi connectivity index (χ1n) is 8.26. The molecule has 0 bridgehead atoms. The maximum absolute atomic E-state index is 12.8. The van der Waals surface area contributed by atoms with Crippen molar-refractivity contribution in [2.75, 3.05) is 13.1 Å².